The molecule has 1 aromatic rings. The molecule has 1 fully saturated rings. The van der Waals surface area contributed by atoms with E-state index in [9.17, 15) is 8.42 Å². The van der Waals surface area contributed by atoms with Gasteiger partial charge in [-0.25, -0.2) is 13.4 Å². The van der Waals surface area contributed by atoms with Gasteiger partial charge in [-0.15, -0.1) is 0 Å². The van der Waals surface area contributed by atoms with E-state index in [-0.39, 0.29) is 16.8 Å². The molecule has 0 aliphatic carbocycles. The summed E-state index contributed by atoms with van der Waals surface area (Å²) in [6, 6.07) is 1.49. The molecule has 0 bridgehead atoms. The Morgan fingerprint density at radius 2 is 2.11 bits per heavy atom. The molecule has 19 heavy (non-hydrogen) atoms. The second-order valence-corrected chi connectivity index (χ2v) is 7.20. The van der Waals surface area contributed by atoms with Crippen LogP contribution in [0.5, 0.6) is 0 Å². The monoisotopic (exact) mass is 349 g/mol. The fourth-order valence-corrected chi connectivity index (χ4v) is 4.13. The highest BCUT2D eigenvalue weighted by molar-refractivity contribution is 9.10. The van der Waals surface area contributed by atoms with Crippen LogP contribution in [0.4, 0.5) is 5.82 Å². The Balaban J connectivity index is 2.26. The van der Waals surface area contributed by atoms with Crippen LogP contribution in [0, 0.1) is 0 Å². The summed E-state index contributed by atoms with van der Waals surface area (Å²) in [5.74, 6) is 0.0251. The number of sulfonamides is 1. The van der Waals surface area contributed by atoms with Gasteiger partial charge in [-0.1, -0.05) is 0 Å². The standard InChI is InChI=1S/C11H16BrN3O3S/c1-18-9-2-4-15(5-3-9)19(16,17)10-6-8(12)7-14-11(10)13/h6-7,9H,2-5H2,1H3,(H2,13,14). The number of pyridine rings is 1. The Kier molecular flexibility index (Phi) is 4.44. The summed E-state index contributed by atoms with van der Waals surface area (Å²) in [5, 5.41) is 0. The van der Waals surface area contributed by atoms with Gasteiger partial charge in [0.2, 0.25) is 10.0 Å². The third-order valence-electron chi connectivity index (χ3n) is 3.20. The smallest absolute Gasteiger partial charge is 0.246 e. The molecule has 1 aliphatic heterocycles. The number of hydrogen-bond donors (Lipinski definition) is 1. The van der Waals surface area contributed by atoms with Gasteiger partial charge >= 0.3 is 0 Å². The lowest BCUT2D eigenvalue weighted by molar-refractivity contribution is 0.0604. The first-order valence-electron chi connectivity index (χ1n) is 5.89. The van der Waals surface area contributed by atoms with Gasteiger partial charge in [0.1, 0.15) is 10.7 Å². The Labute approximate surface area is 121 Å². The number of ether oxygens (including phenoxy) is 1. The highest BCUT2D eigenvalue weighted by Crippen LogP contribution is 2.26. The lowest BCUT2D eigenvalue weighted by Crippen LogP contribution is -2.40. The maximum absolute atomic E-state index is 12.5. The minimum atomic E-state index is -3.59. The number of rotatable bonds is 3. The van der Waals surface area contributed by atoms with Gasteiger partial charge in [0, 0.05) is 30.9 Å². The van der Waals surface area contributed by atoms with E-state index in [1.165, 1.54) is 16.6 Å². The van der Waals surface area contributed by atoms with E-state index in [1.54, 1.807) is 7.11 Å². The third kappa shape index (κ3) is 3.07. The average Bonchev–Trinajstić information content (AvgIpc) is 2.41. The quantitative estimate of drug-likeness (QED) is 0.886. The number of piperidine rings is 1. The molecule has 0 spiro atoms. The summed E-state index contributed by atoms with van der Waals surface area (Å²) in [6.45, 7) is 0.875. The van der Waals surface area contributed by atoms with Crippen molar-refractivity contribution in [3.8, 4) is 0 Å². The molecule has 6 nitrogen and oxygen atoms in total. The summed E-state index contributed by atoms with van der Waals surface area (Å²) in [4.78, 5) is 3.92. The normalized spacial score (nSPS) is 18.6. The zero-order chi connectivity index (χ0) is 14.0. The van der Waals surface area contributed by atoms with Crippen LogP contribution in [0.2, 0.25) is 0 Å². The summed E-state index contributed by atoms with van der Waals surface area (Å²) in [6.07, 6.45) is 2.99. The van der Waals surface area contributed by atoms with Crippen LogP contribution in [0.25, 0.3) is 0 Å². The summed E-state index contributed by atoms with van der Waals surface area (Å²) >= 11 is 3.21. The predicted octanol–water partition coefficient (Wildman–Crippen LogP) is 1.23. The van der Waals surface area contributed by atoms with Crippen LogP contribution in [-0.2, 0) is 14.8 Å². The van der Waals surface area contributed by atoms with Crippen molar-refractivity contribution < 1.29 is 13.2 Å². The topological polar surface area (TPSA) is 85.5 Å². The first-order chi connectivity index (χ1) is 8.95. The van der Waals surface area contributed by atoms with E-state index in [4.69, 9.17) is 10.5 Å². The highest BCUT2D eigenvalue weighted by Gasteiger charge is 2.31. The van der Waals surface area contributed by atoms with Gasteiger partial charge in [0.05, 0.1) is 6.10 Å². The molecular formula is C11H16BrN3O3S. The zero-order valence-corrected chi connectivity index (χ0v) is 12.9. The molecule has 1 aromatic heterocycles. The van der Waals surface area contributed by atoms with Crippen molar-refractivity contribution in [3.05, 3.63) is 16.7 Å². The van der Waals surface area contributed by atoms with Crippen molar-refractivity contribution in [2.24, 2.45) is 0 Å². The number of anilines is 1. The molecule has 2 heterocycles. The fourth-order valence-electron chi connectivity index (χ4n) is 2.09. The SMILES string of the molecule is COC1CCN(S(=O)(=O)c2cc(Br)cnc2N)CC1. The van der Waals surface area contributed by atoms with E-state index < -0.39 is 10.0 Å². The number of halogens is 1. The molecule has 2 rings (SSSR count). The van der Waals surface area contributed by atoms with Crippen molar-refractivity contribution in [1.82, 2.24) is 9.29 Å². The molecule has 0 atom stereocenters. The second-order valence-electron chi connectivity index (χ2n) is 4.38. The highest BCUT2D eigenvalue weighted by atomic mass is 79.9. The van der Waals surface area contributed by atoms with Gasteiger partial charge in [-0.2, -0.15) is 4.31 Å². The largest absolute Gasteiger partial charge is 0.383 e. The number of methoxy groups -OCH3 is 1. The second kappa shape index (κ2) is 5.74. The van der Waals surface area contributed by atoms with E-state index >= 15 is 0 Å². The van der Waals surface area contributed by atoms with Gasteiger partial charge in [-0.3, -0.25) is 0 Å². The molecule has 0 aromatic carbocycles. The van der Waals surface area contributed by atoms with Crippen molar-refractivity contribution in [2.45, 2.75) is 23.8 Å². The van der Waals surface area contributed by atoms with Crippen LogP contribution >= 0.6 is 15.9 Å². The maximum atomic E-state index is 12.5. The first kappa shape index (κ1) is 14.7. The first-order valence-corrected chi connectivity index (χ1v) is 8.12. The van der Waals surface area contributed by atoms with Crippen molar-refractivity contribution in [3.63, 3.8) is 0 Å². The average molecular weight is 350 g/mol. The lowest BCUT2D eigenvalue weighted by atomic mass is 10.1. The van der Waals surface area contributed by atoms with Gasteiger partial charge < -0.3 is 10.5 Å². The molecule has 0 radical (unpaired) electrons. The molecule has 2 N–H and O–H groups in total. The molecule has 8 heteroatoms. The zero-order valence-electron chi connectivity index (χ0n) is 10.5. The van der Waals surface area contributed by atoms with Crippen LogP contribution in [0.15, 0.2) is 21.6 Å². The molecule has 106 valence electrons. The van der Waals surface area contributed by atoms with Crippen molar-refractivity contribution >= 4 is 31.8 Å². The molecular weight excluding hydrogens is 334 g/mol. The summed E-state index contributed by atoms with van der Waals surface area (Å²) < 4.78 is 32.3. The van der Waals surface area contributed by atoms with E-state index in [1.807, 2.05) is 0 Å². The molecule has 1 aliphatic rings. The van der Waals surface area contributed by atoms with Crippen LogP contribution in [0.1, 0.15) is 12.8 Å². The number of nitrogen functional groups attached to an aromatic ring is 1. The van der Waals surface area contributed by atoms with Crippen LogP contribution < -0.4 is 5.73 Å². The number of aromatic nitrogens is 1. The molecule has 0 unspecified atom stereocenters. The maximum Gasteiger partial charge on any atom is 0.246 e. The van der Waals surface area contributed by atoms with E-state index in [0.29, 0.717) is 30.4 Å². The number of nitrogens with zero attached hydrogens (tertiary/aromatic N) is 2. The minimum Gasteiger partial charge on any atom is -0.383 e. The summed E-state index contributed by atoms with van der Waals surface area (Å²) in [7, 11) is -1.94. The van der Waals surface area contributed by atoms with Crippen molar-refractivity contribution in [2.75, 3.05) is 25.9 Å². The Morgan fingerprint density at radius 3 is 2.68 bits per heavy atom. The Hall–Kier alpha value is -0.700. The third-order valence-corrected chi connectivity index (χ3v) is 5.56. The number of hydrogen-bond acceptors (Lipinski definition) is 5. The molecule has 0 amide bonds. The Morgan fingerprint density at radius 1 is 1.47 bits per heavy atom. The van der Waals surface area contributed by atoms with E-state index in [0.717, 1.165) is 0 Å². The van der Waals surface area contributed by atoms with Crippen LogP contribution in [0.3, 0.4) is 0 Å². The van der Waals surface area contributed by atoms with Crippen molar-refractivity contribution in [1.29, 1.82) is 0 Å². The lowest BCUT2D eigenvalue weighted by Gasteiger charge is -2.30. The van der Waals surface area contributed by atoms with Gasteiger partial charge in [0.25, 0.3) is 0 Å². The number of nitrogens with two attached hydrogens (primary N) is 1. The molecule has 0 saturated carbocycles. The predicted molar refractivity (Wildman–Crippen MR) is 75.1 cm³/mol. The summed E-state index contributed by atoms with van der Waals surface area (Å²) in [5.41, 5.74) is 5.67. The van der Waals surface area contributed by atoms with E-state index in [2.05, 4.69) is 20.9 Å². The van der Waals surface area contributed by atoms with Gasteiger partial charge in [-0.05, 0) is 34.8 Å². The Bertz CT molecular complexity index is 556. The fraction of sp³-hybridized carbons (Fsp3) is 0.545. The van der Waals surface area contributed by atoms with Gasteiger partial charge in [0.15, 0.2) is 0 Å². The van der Waals surface area contributed by atoms with Crippen LogP contribution in [-0.4, -0.2) is 44.0 Å². The minimum absolute atomic E-state index is 0.0251. The molecule has 1 saturated heterocycles.